The molecule has 0 aliphatic rings. The summed E-state index contributed by atoms with van der Waals surface area (Å²) >= 11 is 0. The smallest absolute Gasteiger partial charge is 0.403 e. The van der Waals surface area contributed by atoms with Gasteiger partial charge in [-0.1, -0.05) is 11.2 Å². The summed E-state index contributed by atoms with van der Waals surface area (Å²) in [5, 5.41) is 12.2. The molecule has 0 fully saturated rings. The van der Waals surface area contributed by atoms with Crippen molar-refractivity contribution >= 4 is 34.1 Å². The Hall–Kier alpha value is -4.30. The van der Waals surface area contributed by atoms with E-state index in [1.165, 1.54) is 12.3 Å². The maximum Gasteiger partial charge on any atom is 0.573 e. The van der Waals surface area contributed by atoms with Crippen LogP contribution in [0.25, 0.3) is 22.5 Å². The topological polar surface area (TPSA) is 124 Å². The Bertz CT molecular complexity index is 1310. The van der Waals surface area contributed by atoms with E-state index in [-0.39, 0.29) is 39.9 Å². The van der Waals surface area contributed by atoms with Crippen LogP contribution in [0.5, 0.6) is 5.75 Å². The molecule has 4 aromatic rings. The molecular weight excluding hydrogens is 472 g/mol. The monoisotopic (exact) mass is 485 g/mol. The standard InChI is InChI=1S/C19H13F6N7O2/c20-18(21,22)8-28-9-5-10-11(26)7-12(29-15(10)13(6-9)34-19(23,24)25)16-31-32-17(33-16)30-14-3-1-2-4-27-14/h1-7,28H,8H2,(H2,26,29)(H,27,30,32). The van der Waals surface area contributed by atoms with Gasteiger partial charge in [0.15, 0.2) is 5.75 Å². The lowest BCUT2D eigenvalue weighted by Crippen LogP contribution is -2.22. The number of nitrogens with one attached hydrogen (secondary N) is 2. The molecule has 34 heavy (non-hydrogen) atoms. The third kappa shape index (κ3) is 5.54. The summed E-state index contributed by atoms with van der Waals surface area (Å²) in [6, 6.07) is 8.03. The van der Waals surface area contributed by atoms with Gasteiger partial charge < -0.3 is 20.2 Å². The minimum absolute atomic E-state index is 0.0763. The van der Waals surface area contributed by atoms with Gasteiger partial charge in [0.05, 0.1) is 0 Å². The van der Waals surface area contributed by atoms with E-state index >= 15 is 0 Å². The molecule has 15 heteroatoms. The van der Waals surface area contributed by atoms with Crippen LogP contribution in [0.1, 0.15) is 0 Å². The van der Waals surface area contributed by atoms with Gasteiger partial charge in [0, 0.05) is 29.0 Å². The highest BCUT2D eigenvalue weighted by Crippen LogP contribution is 2.37. The Kier molecular flexibility index (Phi) is 5.76. The molecule has 3 heterocycles. The third-order valence-electron chi connectivity index (χ3n) is 4.17. The lowest BCUT2D eigenvalue weighted by atomic mass is 10.1. The molecule has 0 aliphatic heterocycles. The van der Waals surface area contributed by atoms with Crippen LogP contribution in [0.4, 0.5) is 49.5 Å². The van der Waals surface area contributed by atoms with Crippen molar-refractivity contribution < 1.29 is 35.5 Å². The fourth-order valence-electron chi connectivity index (χ4n) is 2.86. The molecule has 4 N–H and O–H groups in total. The van der Waals surface area contributed by atoms with Crippen LogP contribution in [0.3, 0.4) is 0 Å². The summed E-state index contributed by atoms with van der Waals surface area (Å²) in [6.07, 6.45) is -8.23. The van der Waals surface area contributed by atoms with Crippen molar-refractivity contribution in [3.05, 3.63) is 42.6 Å². The van der Waals surface area contributed by atoms with Gasteiger partial charge in [-0.05, 0) is 24.3 Å². The Morgan fingerprint density at radius 1 is 1.03 bits per heavy atom. The van der Waals surface area contributed by atoms with Crippen molar-refractivity contribution in [2.24, 2.45) is 0 Å². The van der Waals surface area contributed by atoms with E-state index in [1.54, 1.807) is 18.2 Å². The van der Waals surface area contributed by atoms with Crippen LogP contribution in [0.2, 0.25) is 0 Å². The molecular formula is C19H13F6N7O2. The largest absolute Gasteiger partial charge is 0.573 e. The number of rotatable bonds is 6. The van der Waals surface area contributed by atoms with Crippen LogP contribution in [0, 0.1) is 0 Å². The molecule has 0 saturated carbocycles. The van der Waals surface area contributed by atoms with Gasteiger partial charge in [-0.2, -0.15) is 13.2 Å². The number of benzene rings is 1. The first kappa shape index (κ1) is 22.9. The van der Waals surface area contributed by atoms with Gasteiger partial charge in [-0.15, -0.1) is 18.3 Å². The molecule has 0 atom stereocenters. The van der Waals surface area contributed by atoms with E-state index in [2.05, 4.69) is 30.2 Å². The van der Waals surface area contributed by atoms with E-state index in [0.717, 1.165) is 12.1 Å². The number of alkyl halides is 6. The summed E-state index contributed by atoms with van der Waals surface area (Å²) in [5.41, 5.74) is 5.09. The molecule has 1 aromatic carbocycles. The van der Waals surface area contributed by atoms with Crippen LogP contribution < -0.4 is 21.1 Å². The summed E-state index contributed by atoms with van der Waals surface area (Å²) in [4.78, 5) is 8.09. The molecule has 0 unspecified atom stereocenters. The number of hydrogen-bond donors (Lipinski definition) is 3. The molecule has 0 spiro atoms. The number of fused-ring (bicyclic) bond motifs is 1. The lowest BCUT2D eigenvalue weighted by Gasteiger charge is -2.16. The molecule has 9 nitrogen and oxygen atoms in total. The SMILES string of the molecule is Nc1cc(-c2nnc(Nc3ccccn3)o2)nc2c(OC(F)(F)F)cc(NCC(F)(F)F)cc12. The van der Waals surface area contributed by atoms with Gasteiger partial charge in [-0.3, -0.25) is 5.32 Å². The zero-order valence-corrected chi connectivity index (χ0v) is 16.7. The highest BCUT2D eigenvalue weighted by Gasteiger charge is 2.33. The second-order valence-electron chi connectivity index (χ2n) is 6.74. The number of nitrogens with two attached hydrogens (primary N) is 1. The Labute approximate surface area is 186 Å². The van der Waals surface area contributed by atoms with Crippen molar-refractivity contribution in [3.63, 3.8) is 0 Å². The minimum atomic E-state index is -5.15. The first-order valence-electron chi connectivity index (χ1n) is 9.29. The Morgan fingerprint density at radius 2 is 1.82 bits per heavy atom. The summed E-state index contributed by atoms with van der Waals surface area (Å²) in [6.45, 7) is -1.48. The third-order valence-corrected chi connectivity index (χ3v) is 4.17. The summed E-state index contributed by atoms with van der Waals surface area (Å²) < 4.78 is 86.0. The van der Waals surface area contributed by atoms with Crippen LogP contribution in [-0.2, 0) is 0 Å². The van der Waals surface area contributed by atoms with E-state index < -0.39 is 24.8 Å². The van der Waals surface area contributed by atoms with Crippen molar-refractivity contribution in [2.75, 3.05) is 22.9 Å². The fourth-order valence-corrected chi connectivity index (χ4v) is 2.86. The Balaban J connectivity index is 1.73. The summed E-state index contributed by atoms with van der Waals surface area (Å²) in [7, 11) is 0. The number of anilines is 4. The van der Waals surface area contributed by atoms with E-state index in [4.69, 9.17) is 10.2 Å². The fraction of sp³-hybridized carbons (Fsp3) is 0.158. The predicted octanol–water partition coefficient (Wildman–Crippen LogP) is 4.88. The number of nitrogens with zero attached hydrogens (tertiary/aromatic N) is 4. The Morgan fingerprint density at radius 3 is 2.50 bits per heavy atom. The number of ether oxygens (including phenoxy) is 1. The number of halogens is 6. The second-order valence-corrected chi connectivity index (χ2v) is 6.74. The maximum atomic E-state index is 13.0. The highest BCUT2D eigenvalue weighted by molar-refractivity contribution is 5.98. The zero-order valence-electron chi connectivity index (χ0n) is 16.7. The number of hydrogen-bond acceptors (Lipinski definition) is 9. The van der Waals surface area contributed by atoms with Crippen molar-refractivity contribution in [2.45, 2.75) is 12.5 Å². The maximum absolute atomic E-state index is 13.0. The number of pyridine rings is 2. The predicted molar refractivity (Wildman–Crippen MR) is 108 cm³/mol. The lowest BCUT2D eigenvalue weighted by molar-refractivity contribution is -0.274. The molecule has 0 amide bonds. The van der Waals surface area contributed by atoms with Crippen LogP contribution in [-0.4, -0.2) is 39.2 Å². The average molecular weight is 485 g/mol. The highest BCUT2D eigenvalue weighted by atomic mass is 19.4. The molecule has 0 radical (unpaired) electrons. The van der Waals surface area contributed by atoms with Crippen molar-refractivity contribution in [1.29, 1.82) is 0 Å². The zero-order chi connectivity index (χ0) is 24.5. The van der Waals surface area contributed by atoms with Gasteiger partial charge in [0.25, 0.3) is 5.89 Å². The normalized spacial score (nSPS) is 12.1. The molecule has 0 bridgehead atoms. The molecule has 0 aliphatic carbocycles. The molecule has 178 valence electrons. The van der Waals surface area contributed by atoms with Gasteiger partial charge in [0.1, 0.15) is 23.6 Å². The van der Waals surface area contributed by atoms with Crippen LogP contribution in [0.15, 0.2) is 47.0 Å². The van der Waals surface area contributed by atoms with Gasteiger partial charge in [0.2, 0.25) is 0 Å². The number of aromatic nitrogens is 4. The van der Waals surface area contributed by atoms with E-state index in [9.17, 15) is 26.3 Å². The molecule has 3 aromatic heterocycles. The first-order chi connectivity index (χ1) is 16.0. The van der Waals surface area contributed by atoms with Gasteiger partial charge in [-0.25, -0.2) is 9.97 Å². The summed E-state index contributed by atoms with van der Waals surface area (Å²) in [5.74, 6) is -0.665. The van der Waals surface area contributed by atoms with E-state index in [1.807, 2.05) is 5.32 Å². The van der Waals surface area contributed by atoms with Crippen molar-refractivity contribution in [1.82, 2.24) is 20.2 Å². The molecule has 4 rings (SSSR count). The molecule has 0 saturated heterocycles. The second kappa shape index (κ2) is 8.57. The minimum Gasteiger partial charge on any atom is -0.403 e. The van der Waals surface area contributed by atoms with Crippen molar-refractivity contribution in [3.8, 4) is 17.3 Å². The number of nitrogen functional groups attached to an aromatic ring is 1. The van der Waals surface area contributed by atoms with Gasteiger partial charge >= 0.3 is 18.6 Å². The first-order valence-corrected chi connectivity index (χ1v) is 9.29. The van der Waals surface area contributed by atoms with Crippen LogP contribution >= 0.6 is 0 Å². The average Bonchev–Trinajstić information content (AvgIpc) is 3.20. The van der Waals surface area contributed by atoms with E-state index in [0.29, 0.717) is 5.82 Å². The quantitative estimate of drug-likeness (QED) is 0.328.